The summed E-state index contributed by atoms with van der Waals surface area (Å²) >= 11 is 0. The van der Waals surface area contributed by atoms with E-state index >= 15 is 0 Å². The van der Waals surface area contributed by atoms with E-state index in [4.69, 9.17) is 4.74 Å². The number of likely N-dealkylation sites (N-methyl/N-ethyl adjacent to an activating group) is 1. The van der Waals surface area contributed by atoms with E-state index < -0.39 is 0 Å². The summed E-state index contributed by atoms with van der Waals surface area (Å²) in [6.07, 6.45) is 3.44. The Bertz CT molecular complexity index is 780. The van der Waals surface area contributed by atoms with Gasteiger partial charge in [-0.15, -0.1) is 0 Å². The molecule has 0 aliphatic carbocycles. The zero-order chi connectivity index (χ0) is 14.9. The quantitative estimate of drug-likeness (QED) is 0.797. The van der Waals surface area contributed by atoms with Crippen LogP contribution in [0.15, 0.2) is 36.7 Å². The first-order chi connectivity index (χ1) is 10.8. The van der Waals surface area contributed by atoms with E-state index in [1.165, 1.54) is 0 Å². The highest BCUT2D eigenvalue weighted by atomic mass is 16.5. The second-order valence-corrected chi connectivity index (χ2v) is 5.66. The van der Waals surface area contributed by atoms with Crippen LogP contribution in [0.5, 0.6) is 5.75 Å². The highest BCUT2D eigenvalue weighted by Crippen LogP contribution is 2.35. The number of aromatic amines is 1. The number of aromatic nitrogens is 4. The molecule has 0 amide bonds. The number of rotatable bonds is 4. The van der Waals surface area contributed by atoms with Gasteiger partial charge < -0.3 is 9.64 Å². The van der Waals surface area contributed by atoms with Gasteiger partial charge in [-0.05, 0) is 25.2 Å². The highest BCUT2D eigenvalue weighted by molar-refractivity contribution is 5.88. The molecule has 0 saturated carbocycles. The molecule has 0 atom stereocenters. The molecule has 1 aromatic carbocycles. The number of H-pyrrole nitrogens is 1. The lowest BCUT2D eigenvalue weighted by Crippen LogP contribution is -2.41. The molecule has 1 aliphatic heterocycles. The van der Waals surface area contributed by atoms with E-state index in [0.29, 0.717) is 18.3 Å². The van der Waals surface area contributed by atoms with Gasteiger partial charge in [0.05, 0.1) is 16.6 Å². The maximum absolute atomic E-state index is 5.95. The van der Waals surface area contributed by atoms with Gasteiger partial charge in [0.1, 0.15) is 12.4 Å². The van der Waals surface area contributed by atoms with Crippen molar-refractivity contribution in [2.24, 2.45) is 0 Å². The molecule has 0 unspecified atom stereocenters. The molecular formula is C16H17N5O. The molecule has 0 radical (unpaired) electrons. The number of nitrogens with one attached hydrogen (secondary N) is 1. The third kappa shape index (κ3) is 2.31. The van der Waals surface area contributed by atoms with Gasteiger partial charge in [-0.2, -0.15) is 5.10 Å². The molecule has 1 fully saturated rings. The minimum absolute atomic E-state index is 0.356. The fourth-order valence-electron chi connectivity index (χ4n) is 2.90. The average molecular weight is 295 g/mol. The molecule has 3 aromatic rings. The number of benzene rings is 1. The molecule has 1 aliphatic rings. The molecule has 2 aromatic heterocycles. The van der Waals surface area contributed by atoms with Crippen LogP contribution in [0.1, 0.15) is 17.4 Å². The summed E-state index contributed by atoms with van der Waals surface area (Å²) in [6.45, 7) is 2.45. The Kier molecular flexibility index (Phi) is 3.23. The largest absolute Gasteiger partial charge is 0.485 e. The standard InChI is InChI=1S/C16H17N5O/c1-21-8-11(9-21)16-15-12(19-20-16)4-2-5-13(15)22-10-14-17-6-3-7-18-14/h2-7,11H,8-10H2,1H3,(H,19,20). The number of nitrogens with zero attached hydrogens (tertiary/aromatic N) is 4. The minimum Gasteiger partial charge on any atom is -0.485 e. The average Bonchev–Trinajstić information content (AvgIpc) is 2.95. The first-order valence-corrected chi connectivity index (χ1v) is 7.35. The Labute approximate surface area is 128 Å². The number of likely N-dealkylation sites (tertiary alicyclic amines) is 1. The number of fused-ring (bicyclic) bond motifs is 1. The lowest BCUT2D eigenvalue weighted by Gasteiger charge is -2.35. The molecule has 6 nitrogen and oxygen atoms in total. The first kappa shape index (κ1) is 13.2. The van der Waals surface area contributed by atoms with Crippen molar-refractivity contribution in [1.29, 1.82) is 0 Å². The maximum atomic E-state index is 5.95. The normalized spacial score (nSPS) is 15.9. The van der Waals surface area contributed by atoms with Crippen LogP contribution in [0.3, 0.4) is 0 Å². The van der Waals surface area contributed by atoms with Crippen molar-refractivity contribution in [3.63, 3.8) is 0 Å². The summed E-state index contributed by atoms with van der Waals surface area (Å²) < 4.78 is 5.95. The lowest BCUT2D eigenvalue weighted by molar-refractivity contribution is 0.187. The Balaban J connectivity index is 1.64. The number of ether oxygens (including phenoxy) is 1. The van der Waals surface area contributed by atoms with Gasteiger partial charge >= 0.3 is 0 Å². The van der Waals surface area contributed by atoms with Crippen LogP contribution in [0, 0.1) is 0 Å². The van der Waals surface area contributed by atoms with Crippen molar-refractivity contribution < 1.29 is 4.74 Å². The van der Waals surface area contributed by atoms with Gasteiger partial charge in [-0.3, -0.25) is 5.10 Å². The summed E-state index contributed by atoms with van der Waals surface area (Å²) in [7, 11) is 2.12. The molecular weight excluding hydrogens is 278 g/mol. The molecule has 6 heteroatoms. The van der Waals surface area contributed by atoms with Gasteiger partial charge in [0.25, 0.3) is 0 Å². The molecule has 0 spiro atoms. The Morgan fingerprint density at radius 3 is 2.82 bits per heavy atom. The predicted molar refractivity (Wildman–Crippen MR) is 82.7 cm³/mol. The van der Waals surface area contributed by atoms with Crippen molar-refractivity contribution in [2.45, 2.75) is 12.5 Å². The summed E-state index contributed by atoms with van der Waals surface area (Å²) in [6, 6.07) is 7.74. The summed E-state index contributed by atoms with van der Waals surface area (Å²) in [4.78, 5) is 10.7. The van der Waals surface area contributed by atoms with Crippen LogP contribution < -0.4 is 4.74 Å². The summed E-state index contributed by atoms with van der Waals surface area (Å²) in [5, 5.41) is 8.67. The maximum Gasteiger partial charge on any atom is 0.166 e. The third-order valence-electron chi connectivity index (χ3n) is 4.02. The fourth-order valence-corrected chi connectivity index (χ4v) is 2.90. The Hall–Kier alpha value is -2.47. The van der Waals surface area contributed by atoms with E-state index in [-0.39, 0.29) is 0 Å². The molecule has 1 N–H and O–H groups in total. The Morgan fingerprint density at radius 1 is 1.23 bits per heavy atom. The van der Waals surface area contributed by atoms with Crippen molar-refractivity contribution in [3.8, 4) is 5.75 Å². The van der Waals surface area contributed by atoms with Gasteiger partial charge in [-0.25, -0.2) is 9.97 Å². The number of hydrogen-bond acceptors (Lipinski definition) is 5. The predicted octanol–water partition coefficient (Wildman–Crippen LogP) is 1.96. The number of hydrogen-bond donors (Lipinski definition) is 1. The fraction of sp³-hybridized carbons (Fsp3) is 0.312. The van der Waals surface area contributed by atoms with E-state index in [2.05, 4.69) is 32.1 Å². The Morgan fingerprint density at radius 2 is 2.05 bits per heavy atom. The van der Waals surface area contributed by atoms with Gasteiger partial charge in [0.15, 0.2) is 5.82 Å². The minimum atomic E-state index is 0.356. The molecule has 0 bridgehead atoms. The molecule has 22 heavy (non-hydrogen) atoms. The molecule has 3 heterocycles. The molecule has 4 rings (SSSR count). The molecule has 1 saturated heterocycles. The highest BCUT2D eigenvalue weighted by Gasteiger charge is 2.29. The second-order valence-electron chi connectivity index (χ2n) is 5.66. The van der Waals surface area contributed by atoms with E-state index in [1.54, 1.807) is 18.5 Å². The van der Waals surface area contributed by atoms with Crippen LogP contribution in [-0.2, 0) is 6.61 Å². The van der Waals surface area contributed by atoms with Crippen LogP contribution >= 0.6 is 0 Å². The van der Waals surface area contributed by atoms with E-state index in [0.717, 1.165) is 35.4 Å². The third-order valence-corrected chi connectivity index (χ3v) is 4.02. The van der Waals surface area contributed by atoms with Crippen LogP contribution in [0.25, 0.3) is 10.9 Å². The van der Waals surface area contributed by atoms with Crippen molar-refractivity contribution in [2.75, 3.05) is 20.1 Å². The lowest BCUT2D eigenvalue weighted by atomic mass is 9.94. The summed E-state index contributed by atoms with van der Waals surface area (Å²) in [5.74, 6) is 2.00. The smallest absolute Gasteiger partial charge is 0.166 e. The van der Waals surface area contributed by atoms with Crippen molar-refractivity contribution >= 4 is 10.9 Å². The summed E-state index contributed by atoms with van der Waals surface area (Å²) in [5.41, 5.74) is 2.11. The first-order valence-electron chi connectivity index (χ1n) is 7.35. The zero-order valence-electron chi connectivity index (χ0n) is 12.4. The van der Waals surface area contributed by atoms with Crippen LogP contribution in [0.4, 0.5) is 0 Å². The topological polar surface area (TPSA) is 66.9 Å². The van der Waals surface area contributed by atoms with Crippen molar-refractivity contribution in [1.82, 2.24) is 25.1 Å². The van der Waals surface area contributed by atoms with Crippen LogP contribution in [-0.4, -0.2) is 45.2 Å². The zero-order valence-corrected chi connectivity index (χ0v) is 12.4. The van der Waals surface area contributed by atoms with E-state index in [9.17, 15) is 0 Å². The van der Waals surface area contributed by atoms with Gasteiger partial charge in [0, 0.05) is 31.4 Å². The van der Waals surface area contributed by atoms with E-state index in [1.807, 2.05) is 18.2 Å². The second kappa shape index (κ2) is 5.38. The van der Waals surface area contributed by atoms with Crippen LogP contribution in [0.2, 0.25) is 0 Å². The van der Waals surface area contributed by atoms with Crippen molar-refractivity contribution in [3.05, 3.63) is 48.2 Å². The monoisotopic (exact) mass is 295 g/mol. The molecule has 112 valence electrons. The van der Waals surface area contributed by atoms with Gasteiger partial charge in [-0.1, -0.05) is 6.07 Å². The SMILES string of the molecule is CN1CC(c2[nH]nc3cccc(OCc4ncccn4)c23)C1. The van der Waals surface area contributed by atoms with Gasteiger partial charge in [0.2, 0.25) is 0 Å².